The van der Waals surface area contributed by atoms with Gasteiger partial charge in [0, 0.05) is 6.92 Å². The SMILES string of the molecule is CC(=O)C(=O)[C@H](O)[C@@H](O)[C@@H](O)[C@H](S)CO. The van der Waals surface area contributed by atoms with Gasteiger partial charge in [0.05, 0.1) is 18.0 Å². The lowest BCUT2D eigenvalue weighted by atomic mass is 10.0. The fourth-order valence-corrected chi connectivity index (χ4v) is 1.06. The van der Waals surface area contributed by atoms with Crippen LogP contribution >= 0.6 is 12.6 Å². The molecule has 0 saturated carbocycles. The molecule has 0 aromatic heterocycles. The monoisotopic (exact) mass is 238 g/mol. The summed E-state index contributed by atoms with van der Waals surface area (Å²) in [6.45, 7) is 0.400. The zero-order chi connectivity index (χ0) is 12.2. The van der Waals surface area contributed by atoms with E-state index in [1.165, 1.54) is 0 Å². The van der Waals surface area contributed by atoms with Crippen LogP contribution in [0.2, 0.25) is 0 Å². The third-order valence-electron chi connectivity index (χ3n) is 1.87. The second-order valence-electron chi connectivity index (χ2n) is 3.10. The van der Waals surface area contributed by atoms with E-state index in [-0.39, 0.29) is 0 Å². The van der Waals surface area contributed by atoms with Crippen molar-refractivity contribution in [2.45, 2.75) is 30.5 Å². The first kappa shape index (κ1) is 14.5. The van der Waals surface area contributed by atoms with Gasteiger partial charge in [-0.25, -0.2) is 0 Å². The molecule has 0 unspecified atom stereocenters. The first-order valence-corrected chi connectivity index (χ1v) is 4.72. The lowest BCUT2D eigenvalue weighted by molar-refractivity contribution is -0.148. The van der Waals surface area contributed by atoms with Crippen molar-refractivity contribution in [3.8, 4) is 0 Å². The van der Waals surface area contributed by atoms with Crippen LogP contribution in [0.4, 0.5) is 0 Å². The van der Waals surface area contributed by atoms with Gasteiger partial charge in [-0.05, 0) is 0 Å². The Morgan fingerprint density at radius 1 is 1.20 bits per heavy atom. The van der Waals surface area contributed by atoms with E-state index in [0.717, 1.165) is 6.92 Å². The third-order valence-corrected chi connectivity index (χ3v) is 2.34. The van der Waals surface area contributed by atoms with E-state index in [4.69, 9.17) is 5.11 Å². The van der Waals surface area contributed by atoms with Crippen molar-refractivity contribution < 1.29 is 30.0 Å². The summed E-state index contributed by atoms with van der Waals surface area (Å²) in [5.41, 5.74) is 0. The van der Waals surface area contributed by atoms with Crippen LogP contribution < -0.4 is 0 Å². The van der Waals surface area contributed by atoms with Gasteiger partial charge in [0.25, 0.3) is 0 Å². The van der Waals surface area contributed by atoms with Gasteiger partial charge in [0.15, 0.2) is 5.78 Å². The molecule has 0 aliphatic rings. The Labute approximate surface area is 91.9 Å². The van der Waals surface area contributed by atoms with Gasteiger partial charge in [-0.2, -0.15) is 12.6 Å². The van der Waals surface area contributed by atoms with Crippen molar-refractivity contribution in [1.82, 2.24) is 0 Å². The summed E-state index contributed by atoms with van der Waals surface area (Å²) in [7, 11) is 0. The van der Waals surface area contributed by atoms with Gasteiger partial charge in [-0.15, -0.1) is 0 Å². The minimum absolute atomic E-state index is 0.539. The number of carbonyl (C=O) groups is 2. The lowest BCUT2D eigenvalue weighted by Gasteiger charge is -2.24. The molecule has 0 aromatic rings. The third kappa shape index (κ3) is 3.88. The molecule has 4 atom stereocenters. The first-order valence-electron chi connectivity index (χ1n) is 4.20. The maximum absolute atomic E-state index is 10.9. The summed E-state index contributed by atoms with van der Waals surface area (Å²) >= 11 is 3.71. The molecule has 0 saturated heterocycles. The number of thiol groups is 1. The van der Waals surface area contributed by atoms with Crippen molar-refractivity contribution >= 4 is 24.2 Å². The largest absolute Gasteiger partial charge is 0.395 e. The van der Waals surface area contributed by atoms with E-state index in [1.54, 1.807) is 0 Å². The Hall–Kier alpha value is -0.470. The maximum Gasteiger partial charge on any atom is 0.229 e. The summed E-state index contributed by atoms with van der Waals surface area (Å²) in [5, 5.41) is 35.3. The average molecular weight is 238 g/mol. The van der Waals surface area contributed by atoms with Gasteiger partial charge >= 0.3 is 0 Å². The average Bonchev–Trinajstić information content (AvgIpc) is 2.23. The molecule has 6 nitrogen and oxygen atoms in total. The quantitative estimate of drug-likeness (QED) is 0.258. The van der Waals surface area contributed by atoms with E-state index in [0.29, 0.717) is 0 Å². The molecule has 0 rings (SSSR count). The number of hydrogen-bond acceptors (Lipinski definition) is 7. The standard InChI is InChI=1S/C8H14O6S/c1-3(10)5(11)7(13)8(14)6(12)4(15)2-9/h4,6-9,12-15H,2H2,1H3/t4-,6+,7+,8+/m1/s1. The minimum atomic E-state index is -2.00. The fraction of sp³-hybridized carbons (Fsp3) is 0.750. The highest BCUT2D eigenvalue weighted by atomic mass is 32.1. The van der Waals surface area contributed by atoms with Gasteiger partial charge in [-0.3, -0.25) is 9.59 Å². The van der Waals surface area contributed by atoms with Crippen LogP contribution in [0.25, 0.3) is 0 Å². The molecular formula is C8H14O6S. The number of ketones is 2. The number of carbonyl (C=O) groups excluding carboxylic acids is 2. The molecule has 4 N–H and O–H groups in total. The van der Waals surface area contributed by atoms with Gasteiger partial charge < -0.3 is 20.4 Å². The lowest BCUT2D eigenvalue weighted by Crippen LogP contribution is -2.48. The normalized spacial score (nSPS) is 19.1. The molecule has 88 valence electrons. The molecule has 0 amide bonds. The second-order valence-corrected chi connectivity index (χ2v) is 3.76. The Kier molecular flexibility index (Phi) is 5.99. The Bertz CT molecular complexity index is 243. The molecule has 0 bridgehead atoms. The van der Waals surface area contributed by atoms with Gasteiger partial charge in [-0.1, -0.05) is 0 Å². The predicted octanol–water partition coefficient (Wildman–Crippen LogP) is -2.48. The molecule has 15 heavy (non-hydrogen) atoms. The molecule has 0 radical (unpaired) electrons. The molecule has 0 spiro atoms. The van der Waals surface area contributed by atoms with Crippen LogP contribution in [-0.4, -0.2) is 62.2 Å². The number of Topliss-reactive ketones (excluding diaryl/α,β-unsaturated/α-hetero) is 2. The minimum Gasteiger partial charge on any atom is -0.395 e. The summed E-state index contributed by atoms with van der Waals surface area (Å²) in [4.78, 5) is 21.5. The zero-order valence-electron chi connectivity index (χ0n) is 8.07. The molecule has 0 aliphatic heterocycles. The fourth-order valence-electron chi connectivity index (χ4n) is 0.886. The smallest absolute Gasteiger partial charge is 0.229 e. The van der Waals surface area contributed by atoms with Crippen LogP contribution in [-0.2, 0) is 9.59 Å². The highest BCUT2D eigenvalue weighted by molar-refractivity contribution is 7.81. The summed E-state index contributed by atoms with van der Waals surface area (Å²) < 4.78 is 0. The van der Waals surface area contributed by atoms with E-state index in [9.17, 15) is 24.9 Å². The van der Waals surface area contributed by atoms with Crippen LogP contribution in [0.15, 0.2) is 0 Å². The highest BCUT2D eigenvalue weighted by Gasteiger charge is 2.34. The van der Waals surface area contributed by atoms with Gasteiger partial charge in [0.1, 0.15) is 12.2 Å². The topological polar surface area (TPSA) is 115 Å². The van der Waals surface area contributed by atoms with Crippen molar-refractivity contribution in [3.05, 3.63) is 0 Å². The molecule has 0 aliphatic carbocycles. The maximum atomic E-state index is 10.9. The van der Waals surface area contributed by atoms with E-state index >= 15 is 0 Å². The summed E-state index contributed by atoms with van der Waals surface area (Å²) in [6, 6.07) is 0. The molecular weight excluding hydrogens is 224 g/mol. The van der Waals surface area contributed by atoms with Crippen LogP contribution in [0.5, 0.6) is 0 Å². The highest BCUT2D eigenvalue weighted by Crippen LogP contribution is 2.10. The van der Waals surface area contributed by atoms with Crippen molar-refractivity contribution in [2.24, 2.45) is 0 Å². The Morgan fingerprint density at radius 2 is 1.67 bits per heavy atom. The Morgan fingerprint density at radius 3 is 2.00 bits per heavy atom. The van der Waals surface area contributed by atoms with Crippen LogP contribution in [0, 0.1) is 0 Å². The first-order chi connectivity index (χ1) is 6.82. The summed E-state index contributed by atoms with van der Waals surface area (Å²) in [5.74, 6) is -2.12. The van der Waals surface area contributed by atoms with Gasteiger partial charge in [0.2, 0.25) is 5.78 Å². The summed E-state index contributed by atoms with van der Waals surface area (Å²) in [6.07, 6.45) is -5.45. The molecule has 0 fully saturated rings. The van der Waals surface area contributed by atoms with Crippen molar-refractivity contribution in [2.75, 3.05) is 6.61 Å². The second kappa shape index (κ2) is 6.19. The number of aliphatic hydroxyl groups excluding tert-OH is 4. The number of aliphatic hydroxyl groups is 4. The Balaban J connectivity index is 4.50. The van der Waals surface area contributed by atoms with Crippen molar-refractivity contribution in [1.29, 1.82) is 0 Å². The zero-order valence-corrected chi connectivity index (χ0v) is 8.96. The van der Waals surface area contributed by atoms with Crippen LogP contribution in [0.3, 0.4) is 0 Å². The molecule has 0 aromatic carbocycles. The molecule has 7 heteroatoms. The predicted molar refractivity (Wildman–Crippen MR) is 53.6 cm³/mol. The van der Waals surface area contributed by atoms with Crippen molar-refractivity contribution in [3.63, 3.8) is 0 Å². The molecule has 0 heterocycles. The number of rotatable bonds is 6. The van der Waals surface area contributed by atoms with Crippen LogP contribution in [0.1, 0.15) is 6.92 Å². The van der Waals surface area contributed by atoms with E-state index in [1.807, 2.05) is 0 Å². The number of hydrogen-bond donors (Lipinski definition) is 5. The van der Waals surface area contributed by atoms with E-state index in [2.05, 4.69) is 12.6 Å². The van der Waals surface area contributed by atoms with E-state index < -0.39 is 41.7 Å².